The summed E-state index contributed by atoms with van der Waals surface area (Å²) in [5.41, 5.74) is 2.18. The van der Waals surface area contributed by atoms with Crippen molar-refractivity contribution in [3.05, 3.63) is 35.4 Å². The molecule has 2 nitrogen and oxygen atoms in total. The topological polar surface area (TPSA) is 20.3 Å². The molecule has 2 aliphatic rings. The molecular weight excluding hydrogens is 230 g/mol. The van der Waals surface area contributed by atoms with Gasteiger partial charge < -0.3 is 0 Å². The number of rotatable bonds is 2. The van der Waals surface area contributed by atoms with Crippen LogP contribution in [0.25, 0.3) is 0 Å². The van der Waals surface area contributed by atoms with Gasteiger partial charge in [0.05, 0.1) is 0 Å². The maximum Gasteiger partial charge on any atom is 0.221 e. The zero-order chi connectivity index (χ0) is 11.9. The van der Waals surface area contributed by atoms with Gasteiger partial charge in [0.25, 0.3) is 0 Å². The highest BCUT2D eigenvalue weighted by Crippen LogP contribution is 2.54. The van der Waals surface area contributed by atoms with E-state index in [1.807, 2.05) is 12.1 Å². The third kappa shape index (κ3) is 1.56. The van der Waals surface area contributed by atoms with E-state index in [1.165, 1.54) is 23.7 Å². The van der Waals surface area contributed by atoms with E-state index in [0.29, 0.717) is 0 Å². The Labute approximate surface area is 106 Å². The zero-order valence-electron chi connectivity index (χ0n) is 10.1. The molecule has 90 valence electrons. The van der Waals surface area contributed by atoms with Gasteiger partial charge >= 0.3 is 0 Å². The lowest BCUT2D eigenvalue weighted by Gasteiger charge is -2.34. The second-order valence-electron chi connectivity index (χ2n) is 4.81. The van der Waals surface area contributed by atoms with Crippen molar-refractivity contribution in [3.63, 3.8) is 0 Å². The lowest BCUT2D eigenvalue weighted by Crippen LogP contribution is -2.37. The molecule has 1 fully saturated rings. The molecule has 3 heteroatoms. The first-order valence-electron chi connectivity index (χ1n) is 6.36. The second-order valence-corrected chi connectivity index (χ2v) is 6.06. The molecule has 0 aromatic heterocycles. The van der Waals surface area contributed by atoms with E-state index in [-0.39, 0.29) is 9.99 Å². The summed E-state index contributed by atoms with van der Waals surface area (Å²) in [7, 11) is 0. The van der Waals surface area contributed by atoms with E-state index in [4.69, 9.17) is 0 Å². The highest BCUT2D eigenvalue weighted by atomic mass is 32.2. The smallest absolute Gasteiger partial charge is 0.221 e. The van der Waals surface area contributed by atoms with E-state index < -0.39 is 0 Å². The van der Waals surface area contributed by atoms with E-state index >= 15 is 0 Å². The van der Waals surface area contributed by atoms with Gasteiger partial charge in [-0.2, -0.15) is 0 Å². The van der Waals surface area contributed by atoms with Crippen molar-refractivity contribution in [2.24, 2.45) is 0 Å². The summed E-state index contributed by atoms with van der Waals surface area (Å²) in [6.45, 7) is 4.43. The largest absolute Gasteiger partial charge is 0.285 e. The Balaban J connectivity index is 2.07. The predicted octanol–water partition coefficient (Wildman–Crippen LogP) is 3.23. The summed E-state index contributed by atoms with van der Waals surface area (Å²) >= 11 is 1.54. The summed E-state index contributed by atoms with van der Waals surface area (Å²) in [6, 6.07) is 8.14. The molecule has 1 unspecified atom stereocenters. The first-order valence-corrected chi connectivity index (χ1v) is 7.17. The summed E-state index contributed by atoms with van der Waals surface area (Å²) in [5, 5.41) is 0.253. The number of carbonyl (C=O) groups excluding carboxylic acids is 1. The van der Waals surface area contributed by atoms with Crippen molar-refractivity contribution in [1.29, 1.82) is 0 Å². The molecule has 1 atom stereocenters. The minimum absolute atomic E-state index is 0.0380. The average Bonchev–Trinajstić information content (AvgIpc) is 2.86. The first kappa shape index (κ1) is 11.3. The summed E-state index contributed by atoms with van der Waals surface area (Å²) in [6.07, 6.45) is 3.47. The van der Waals surface area contributed by atoms with Crippen molar-refractivity contribution in [2.45, 2.75) is 31.1 Å². The summed E-state index contributed by atoms with van der Waals surface area (Å²) in [5.74, 6) is 0. The normalized spacial score (nSPS) is 27.9. The van der Waals surface area contributed by atoms with E-state index in [0.717, 1.165) is 31.5 Å². The van der Waals surface area contributed by atoms with Crippen molar-refractivity contribution < 1.29 is 4.79 Å². The fraction of sp³-hybridized carbons (Fsp3) is 0.500. The van der Waals surface area contributed by atoms with Crippen LogP contribution in [0, 0.1) is 0 Å². The van der Waals surface area contributed by atoms with Gasteiger partial charge in [-0.25, -0.2) is 0 Å². The van der Waals surface area contributed by atoms with Crippen LogP contribution in [-0.2, 0) is 4.87 Å². The first-order chi connectivity index (χ1) is 8.28. The number of thioether (sulfide) groups is 1. The molecular formula is C14H17NOS. The van der Waals surface area contributed by atoms with Crippen LogP contribution in [-0.4, -0.2) is 23.1 Å². The van der Waals surface area contributed by atoms with Gasteiger partial charge in [-0.15, -0.1) is 0 Å². The fourth-order valence-corrected chi connectivity index (χ4v) is 4.54. The van der Waals surface area contributed by atoms with Crippen LogP contribution < -0.4 is 0 Å². The van der Waals surface area contributed by atoms with Gasteiger partial charge in [-0.3, -0.25) is 9.69 Å². The lowest BCUT2D eigenvalue weighted by molar-refractivity contribution is 0.109. The minimum Gasteiger partial charge on any atom is -0.285 e. The Kier molecular flexibility index (Phi) is 2.75. The Morgan fingerprint density at radius 2 is 2.24 bits per heavy atom. The van der Waals surface area contributed by atoms with Gasteiger partial charge in [-0.1, -0.05) is 43.0 Å². The van der Waals surface area contributed by atoms with Gasteiger partial charge in [0.1, 0.15) is 4.87 Å². The molecule has 1 aromatic rings. The maximum absolute atomic E-state index is 12.1. The van der Waals surface area contributed by atoms with Gasteiger partial charge in [0.2, 0.25) is 5.12 Å². The number of benzene rings is 1. The van der Waals surface area contributed by atoms with E-state index in [2.05, 4.69) is 24.0 Å². The molecule has 17 heavy (non-hydrogen) atoms. The van der Waals surface area contributed by atoms with Crippen molar-refractivity contribution >= 4 is 16.9 Å². The highest BCUT2D eigenvalue weighted by Gasteiger charge is 2.50. The molecule has 0 bridgehead atoms. The molecule has 0 amide bonds. The number of carbonyl (C=O) groups is 1. The molecule has 1 saturated heterocycles. The molecule has 2 heterocycles. The number of hydrogen-bond donors (Lipinski definition) is 0. The van der Waals surface area contributed by atoms with E-state index in [1.54, 1.807) is 0 Å². The molecule has 1 spiro atoms. The highest BCUT2D eigenvalue weighted by molar-refractivity contribution is 8.15. The average molecular weight is 247 g/mol. The maximum atomic E-state index is 12.1. The number of hydrogen-bond acceptors (Lipinski definition) is 3. The van der Waals surface area contributed by atoms with Gasteiger partial charge in [0, 0.05) is 5.56 Å². The van der Waals surface area contributed by atoms with E-state index in [9.17, 15) is 4.79 Å². The Morgan fingerprint density at radius 1 is 1.41 bits per heavy atom. The van der Waals surface area contributed by atoms with Gasteiger partial charge in [-0.05, 0) is 37.9 Å². The molecule has 0 saturated carbocycles. The molecule has 0 N–H and O–H groups in total. The third-order valence-corrected chi connectivity index (χ3v) is 5.20. The van der Waals surface area contributed by atoms with Crippen molar-refractivity contribution in [3.8, 4) is 0 Å². The van der Waals surface area contributed by atoms with Crippen LogP contribution >= 0.6 is 11.8 Å². The van der Waals surface area contributed by atoms with Crippen LogP contribution in [0.5, 0.6) is 0 Å². The third-order valence-electron chi connectivity index (χ3n) is 3.78. The Morgan fingerprint density at radius 3 is 3.06 bits per heavy atom. The second kappa shape index (κ2) is 4.14. The lowest BCUT2D eigenvalue weighted by atomic mass is 9.99. The Bertz CT molecular complexity index is 459. The van der Waals surface area contributed by atoms with Crippen LogP contribution in [0.3, 0.4) is 0 Å². The monoisotopic (exact) mass is 247 g/mol. The van der Waals surface area contributed by atoms with Crippen molar-refractivity contribution in [1.82, 2.24) is 4.90 Å². The summed E-state index contributed by atoms with van der Waals surface area (Å²) < 4.78 is 0. The van der Waals surface area contributed by atoms with Gasteiger partial charge in [0.15, 0.2) is 0 Å². The molecule has 2 aliphatic heterocycles. The number of fused-ring (bicyclic) bond motifs is 2. The van der Waals surface area contributed by atoms with Crippen LogP contribution in [0.2, 0.25) is 0 Å². The minimum atomic E-state index is -0.0380. The SMILES string of the molecule is CCCN1CCCC12SC(=O)c1ccccc12. The van der Waals surface area contributed by atoms with Crippen molar-refractivity contribution in [2.75, 3.05) is 13.1 Å². The van der Waals surface area contributed by atoms with Crippen LogP contribution in [0.15, 0.2) is 24.3 Å². The molecule has 0 radical (unpaired) electrons. The molecule has 1 aromatic carbocycles. The quantitative estimate of drug-likeness (QED) is 0.800. The molecule has 0 aliphatic carbocycles. The van der Waals surface area contributed by atoms with Crippen LogP contribution in [0.1, 0.15) is 42.1 Å². The zero-order valence-corrected chi connectivity index (χ0v) is 10.9. The fourth-order valence-electron chi connectivity index (χ4n) is 3.10. The van der Waals surface area contributed by atoms with Crippen LogP contribution in [0.4, 0.5) is 0 Å². The summed E-state index contributed by atoms with van der Waals surface area (Å²) in [4.78, 5) is 14.6. The Hall–Kier alpha value is -0.800. The number of likely N-dealkylation sites (tertiary alicyclic amines) is 1. The predicted molar refractivity (Wildman–Crippen MR) is 71.1 cm³/mol. The standard InChI is InChI=1S/C14H17NOS/c1-2-9-15-10-5-8-14(15)12-7-4-3-6-11(12)13(16)17-14/h3-4,6-7H,2,5,8-10H2,1H3. The number of nitrogens with zero attached hydrogens (tertiary/aromatic N) is 1. The molecule has 3 rings (SSSR count).